The molecule has 1 atom stereocenters. The zero-order chi connectivity index (χ0) is 20.9. The van der Waals surface area contributed by atoms with E-state index in [1.54, 1.807) is 0 Å². The van der Waals surface area contributed by atoms with Crippen LogP contribution in [0.25, 0.3) is 0 Å². The van der Waals surface area contributed by atoms with E-state index in [1.807, 2.05) is 18.8 Å². The van der Waals surface area contributed by atoms with Crippen molar-refractivity contribution < 1.29 is 4.74 Å². The van der Waals surface area contributed by atoms with E-state index in [4.69, 9.17) is 4.74 Å². The second-order valence-corrected chi connectivity index (χ2v) is 8.83. The lowest BCUT2D eigenvalue weighted by Crippen LogP contribution is -2.60. The standard InChI is InChI=1S/C22H40N6O/c1-17(15-20-18(2)26-27(5)19(20)3)25-21(23-4)24-16-22(9-7-6-8-10-22)28-11-13-29-14-12-28/h17H,6-16H2,1-5H3,(H2,23,24,25). The third-order valence-electron chi connectivity index (χ3n) is 6.83. The summed E-state index contributed by atoms with van der Waals surface area (Å²) in [5, 5.41) is 11.8. The molecule has 1 aliphatic carbocycles. The molecule has 164 valence electrons. The summed E-state index contributed by atoms with van der Waals surface area (Å²) in [5.74, 6) is 0.898. The van der Waals surface area contributed by atoms with E-state index in [2.05, 4.69) is 46.4 Å². The van der Waals surface area contributed by atoms with Crippen LogP contribution >= 0.6 is 0 Å². The third-order valence-corrected chi connectivity index (χ3v) is 6.83. The minimum absolute atomic E-state index is 0.236. The summed E-state index contributed by atoms with van der Waals surface area (Å²) in [6.07, 6.45) is 7.48. The normalized spacial score (nSPS) is 21.8. The Balaban J connectivity index is 1.59. The predicted octanol–water partition coefficient (Wildman–Crippen LogP) is 2.17. The molecule has 7 nitrogen and oxygen atoms in total. The van der Waals surface area contributed by atoms with Gasteiger partial charge in [-0.25, -0.2) is 0 Å². The monoisotopic (exact) mass is 404 g/mol. The highest BCUT2D eigenvalue weighted by molar-refractivity contribution is 5.80. The molecule has 0 aromatic carbocycles. The van der Waals surface area contributed by atoms with E-state index in [0.717, 1.165) is 50.9 Å². The lowest BCUT2D eigenvalue weighted by Gasteiger charge is -2.48. The molecular formula is C22H40N6O. The van der Waals surface area contributed by atoms with Crippen molar-refractivity contribution in [3.05, 3.63) is 17.0 Å². The summed E-state index contributed by atoms with van der Waals surface area (Å²) in [7, 11) is 3.88. The van der Waals surface area contributed by atoms with Crippen molar-refractivity contribution in [1.29, 1.82) is 0 Å². The van der Waals surface area contributed by atoms with Gasteiger partial charge in [-0.2, -0.15) is 5.10 Å². The summed E-state index contributed by atoms with van der Waals surface area (Å²) in [5.41, 5.74) is 3.93. The number of hydrogen-bond acceptors (Lipinski definition) is 4. The summed E-state index contributed by atoms with van der Waals surface area (Å²) >= 11 is 0. The first-order chi connectivity index (χ1) is 13.9. The van der Waals surface area contributed by atoms with Gasteiger partial charge in [0, 0.05) is 51.0 Å². The van der Waals surface area contributed by atoms with Crippen LogP contribution in [0.2, 0.25) is 0 Å². The van der Waals surface area contributed by atoms with Gasteiger partial charge in [-0.1, -0.05) is 19.3 Å². The number of aliphatic imine (C=N–C) groups is 1. The van der Waals surface area contributed by atoms with Gasteiger partial charge < -0.3 is 15.4 Å². The Hall–Kier alpha value is -1.60. The van der Waals surface area contributed by atoms with Crippen LogP contribution in [0.3, 0.4) is 0 Å². The van der Waals surface area contributed by atoms with Crippen molar-refractivity contribution in [2.45, 2.75) is 70.9 Å². The van der Waals surface area contributed by atoms with Crippen LogP contribution in [0, 0.1) is 13.8 Å². The molecule has 0 bridgehead atoms. The average Bonchev–Trinajstić information content (AvgIpc) is 2.98. The van der Waals surface area contributed by atoms with Gasteiger partial charge >= 0.3 is 0 Å². The molecule has 0 spiro atoms. The van der Waals surface area contributed by atoms with E-state index in [9.17, 15) is 0 Å². The fourth-order valence-electron chi connectivity index (χ4n) is 5.00. The zero-order valence-corrected chi connectivity index (χ0v) is 19.1. The van der Waals surface area contributed by atoms with Crippen LogP contribution in [0.4, 0.5) is 0 Å². The topological polar surface area (TPSA) is 66.7 Å². The average molecular weight is 405 g/mol. The Morgan fingerprint density at radius 3 is 2.48 bits per heavy atom. The molecule has 29 heavy (non-hydrogen) atoms. The highest BCUT2D eigenvalue weighted by Gasteiger charge is 2.38. The number of rotatable bonds is 6. The van der Waals surface area contributed by atoms with Crippen LogP contribution < -0.4 is 10.6 Å². The molecule has 2 N–H and O–H groups in total. The molecule has 1 aromatic rings. The highest BCUT2D eigenvalue weighted by atomic mass is 16.5. The maximum absolute atomic E-state index is 5.61. The number of guanidine groups is 1. The molecule has 1 saturated carbocycles. The number of nitrogens with zero attached hydrogens (tertiary/aromatic N) is 4. The zero-order valence-electron chi connectivity index (χ0n) is 19.1. The van der Waals surface area contributed by atoms with E-state index in [1.165, 1.54) is 43.4 Å². The predicted molar refractivity (Wildman–Crippen MR) is 119 cm³/mol. The third kappa shape index (κ3) is 5.31. The molecule has 1 saturated heterocycles. The largest absolute Gasteiger partial charge is 0.379 e. The van der Waals surface area contributed by atoms with Crippen LogP contribution in [-0.2, 0) is 18.2 Å². The van der Waals surface area contributed by atoms with Crippen molar-refractivity contribution in [2.24, 2.45) is 12.0 Å². The number of aryl methyl sites for hydroxylation is 2. The molecule has 2 fully saturated rings. The Morgan fingerprint density at radius 1 is 1.21 bits per heavy atom. The van der Waals surface area contributed by atoms with E-state index in [0.29, 0.717) is 0 Å². The van der Waals surface area contributed by atoms with Crippen molar-refractivity contribution in [3.63, 3.8) is 0 Å². The van der Waals surface area contributed by atoms with Crippen molar-refractivity contribution in [3.8, 4) is 0 Å². The molecule has 3 rings (SSSR count). The summed E-state index contributed by atoms with van der Waals surface area (Å²) in [6, 6.07) is 0.286. The maximum Gasteiger partial charge on any atom is 0.191 e. The second-order valence-electron chi connectivity index (χ2n) is 8.83. The number of morpholine rings is 1. The first-order valence-corrected chi connectivity index (χ1v) is 11.2. The van der Waals surface area contributed by atoms with Crippen LogP contribution in [0.15, 0.2) is 4.99 Å². The summed E-state index contributed by atoms with van der Waals surface area (Å²) < 4.78 is 7.58. The summed E-state index contributed by atoms with van der Waals surface area (Å²) in [4.78, 5) is 7.18. The van der Waals surface area contributed by atoms with Gasteiger partial charge in [0.1, 0.15) is 0 Å². The molecular weight excluding hydrogens is 364 g/mol. The Morgan fingerprint density at radius 2 is 1.90 bits per heavy atom. The van der Waals surface area contributed by atoms with E-state index in [-0.39, 0.29) is 11.6 Å². The minimum atomic E-state index is 0.236. The van der Waals surface area contributed by atoms with Gasteiger partial charge in [0.2, 0.25) is 0 Å². The summed E-state index contributed by atoms with van der Waals surface area (Å²) in [6.45, 7) is 11.2. The van der Waals surface area contributed by atoms with E-state index < -0.39 is 0 Å². The number of hydrogen-bond donors (Lipinski definition) is 2. The lowest BCUT2D eigenvalue weighted by molar-refractivity contribution is -0.0352. The lowest BCUT2D eigenvalue weighted by atomic mass is 9.80. The van der Waals surface area contributed by atoms with Crippen molar-refractivity contribution in [1.82, 2.24) is 25.3 Å². The molecule has 0 amide bonds. The molecule has 0 radical (unpaired) electrons. The smallest absolute Gasteiger partial charge is 0.191 e. The Kier molecular flexibility index (Phi) is 7.57. The molecule has 1 aliphatic heterocycles. The van der Waals surface area contributed by atoms with Crippen LogP contribution in [0.1, 0.15) is 56.0 Å². The fourth-order valence-corrected chi connectivity index (χ4v) is 5.00. The number of nitrogens with one attached hydrogen (secondary N) is 2. The molecule has 2 aliphatic rings. The Bertz CT molecular complexity index is 686. The first kappa shape index (κ1) is 22.1. The van der Waals surface area contributed by atoms with Crippen molar-refractivity contribution >= 4 is 5.96 Å². The molecule has 7 heteroatoms. The maximum atomic E-state index is 5.61. The van der Waals surface area contributed by atoms with Crippen LogP contribution in [-0.4, -0.2) is 72.1 Å². The Labute approximate surface area is 176 Å². The quantitative estimate of drug-likeness (QED) is 0.562. The second kappa shape index (κ2) is 9.94. The van der Waals surface area contributed by atoms with Gasteiger partial charge in [0.25, 0.3) is 0 Å². The molecule has 2 heterocycles. The number of ether oxygens (including phenoxy) is 1. The highest BCUT2D eigenvalue weighted by Crippen LogP contribution is 2.33. The van der Waals surface area contributed by atoms with Gasteiger partial charge in [-0.3, -0.25) is 14.6 Å². The fraction of sp³-hybridized carbons (Fsp3) is 0.818. The van der Waals surface area contributed by atoms with Crippen molar-refractivity contribution in [2.75, 3.05) is 39.9 Å². The minimum Gasteiger partial charge on any atom is -0.379 e. The number of aromatic nitrogens is 2. The SMILES string of the molecule is CN=C(NCC1(N2CCOCC2)CCCCC1)NC(C)Cc1c(C)nn(C)c1C. The molecule has 1 aromatic heterocycles. The van der Waals surface area contributed by atoms with Gasteiger partial charge in [-0.05, 0) is 45.6 Å². The molecule has 1 unspecified atom stereocenters. The van der Waals surface area contributed by atoms with Crippen LogP contribution in [0.5, 0.6) is 0 Å². The van der Waals surface area contributed by atoms with E-state index >= 15 is 0 Å². The first-order valence-electron chi connectivity index (χ1n) is 11.2. The van der Waals surface area contributed by atoms with Gasteiger partial charge in [-0.15, -0.1) is 0 Å². The van der Waals surface area contributed by atoms with Gasteiger partial charge in [0.05, 0.1) is 18.9 Å². The van der Waals surface area contributed by atoms with Gasteiger partial charge in [0.15, 0.2) is 5.96 Å².